The third kappa shape index (κ3) is 6.07. The second-order valence-electron chi connectivity index (χ2n) is 8.71. The van der Waals surface area contributed by atoms with Gasteiger partial charge in [-0.3, -0.25) is 0 Å². The molecule has 5 heteroatoms. The third-order valence-electron chi connectivity index (χ3n) is 5.12. The first kappa shape index (κ1) is 23.4. The van der Waals surface area contributed by atoms with E-state index in [-0.39, 0.29) is 28.7 Å². The van der Waals surface area contributed by atoms with Crippen LogP contribution in [0.2, 0.25) is 19.6 Å². The molecule has 3 nitrogen and oxygen atoms in total. The standard InChI is InChI=1S/C22H31NO2Si.Fe/c1-22(2,25-15-9-12-17-10-6-7-11-17)20-16-24-21(23-20)18-13-8-14-19(18)26(3,4)5;/h6-8,10-11,13-14,20H,9,12,15-16H2,1-5H3;/q;+2/t20-;/m0./s1. The minimum Gasteiger partial charge on any atom is -0.478 e. The molecule has 0 saturated heterocycles. The van der Waals surface area contributed by atoms with Crippen LogP contribution in [0.1, 0.15) is 26.7 Å². The fraction of sp³-hybridized carbons (Fsp3) is 0.500. The monoisotopic (exact) mass is 425 g/mol. The molecule has 1 atom stereocenters. The van der Waals surface area contributed by atoms with E-state index in [0.29, 0.717) is 6.61 Å². The number of hydrogen-bond acceptors (Lipinski definition) is 3. The Hall–Kier alpha value is 0.166. The molecule has 27 heavy (non-hydrogen) atoms. The van der Waals surface area contributed by atoms with Gasteiger partial charge < -0.3 is 9.47 Å². The molecule has 10 radical (unpaired) electrons. The van der Waals surface area contributed by atoms with Crippen LogP contribution in [0.15, 0.2) is 4.99 Å². The van der Waals surface area contributed by atoms with Gasteiger partial charge in [-0.15, -0.1) is 0 Å². The van der Waals surface area contributed by atoms with Crippen LogP contribution in [0, 0.1) is 62.3 Å². The van der Waals surface area contributed by atoms with Crippen LogP contribution in [0.5, 0.6) is 0 Å². The molecule has 0 bridgehead atoms. The molecule has 0 aromatic heterocycles. The van der Waals surface area contributed by atoms with Crippen molar-refractivity contribution in [3.05, 3.63) is 62.3 Å². The summed E-state index contributed by atoms with van der Waals surface area (Å²) in [4.78, 5) is 4.90. The van der Waals surface area contributed by atoms with Crippen LogP contribution in [0.25, 0.3) is 0 Å². The Morgan fingerprint density at radius 2 is 1.81 bits per heavy atom. The predicted octanol–water partition coefficient (Wildman–Crippen LogP) is 4.41. The molecule has 0 N–H and O–H groups in total. The minimum absolute atomic E-state index is 0. The number of aliphatic imine (C=N–C) groups is 1. The Labute approximate surface area is 178 Å². The fourth-order valence-electron chi connectivity index (χ4n) is 3.43. The molecule has 146 valence electrons. The van der Waals surface area contributed by atoms with Gasteiger partial charge in [-0.05, 0) is 83.1 Å². The average Bonchev–Trinajstić information content (AvgIpc) is 3.31. The van der Waals surface area contributed by atoms with Crippen LogP contribution in [-0.4, -0.2) is 38.8 Å². The summed E-state index contributed by atoms with van der Waals surface area (Å²) in [5.41, 5.74) is 1.10. The SMILES string of the molecule is CC(C)(OCCC[C]1[CH][CH][CH][CH]1)[C@@H]1COC([C]2[CH][CH][CH][C]2[Si](C)(C)C)=N1.[Fe+2]. The van der Waals surface area contributed by atoms with E-state index < -0.39 is 8.07 Å². The molecular weight excluding hydrogens is 394 g/mol. The van der Waals surface area contributed by atoms with Crippen molar-refractivity contribution in [2.45, 2.75) is 58.0 Å². The molecule has 3 rings (SSSR count). The van der Waals surface area contributed by atoms with Gasteiger partial charge in [0.2, 0.25) is 0 Å². The predicted molar refractivity (Wildman–Crippen MR) is 110 cm³/mol. The fourth-order valence-corrected chi connectivity index (χ4v) is 5.02. The van der Waals surface area contributed by atoms with E-state index in [1.807, 2.05) is 0 Å². The van der Waals surface area contributed by atoms with Gasteiger partial charge in [-0.25, -0.2) is 4.99 Å². The van der Waals surface area contributed by atoms with Crippen LogP contribution in [0.3, 0.4) is 0 Å². The molecule has 1 aliphatic heterocycles. The topological polar surface area (TPSA) is 30.8 Å². The maximum Gasteiger partial charge on any atom is 2.00 e. The van der Waals surface area contributed by atoms with Crippen molar-refractivity contribution in [3.63, 3.8) is 0 Å². The van der Waals surface area contributed by atoms with Gasteiger partial charge in [0.15, 0.2) is 5.90 Å². The van der Waals surface area contributed by atoms with Crippen LogP contribution in [-0.2, 0) is 26.5 Å². The number of ether oxygens (including phenoxy) is 2. The normalized spacial score (nSPS) is 25.5. The smallest absolute Gasteiger partial charge is 0.478 e. The summed E-state index contributed by atoms with van der Waals surface area (Å²) in [6.45, 7) is 12.7. The molecule has 2 saturated carbocycles. The zero-order chi connectivity index (χ0) is 18.8. The van der Waals surface area contributed by atoms with E-state index in [1.54, 1.807) is 0 Å². The molecule has 0 aromatic rings. The Bertz CT molecular complexity index is 497. The molecule has 2 aliphatic carbocycles. The maximum atomic E-state index is 6.20. The maximum absolute atomic E-state index is 6.20. The van der Waals surface area contributed by atoms with Crippen molar-refractivity contribution in [3.8, 4) is 0 Å². The molecule has 2 fully saturated rings. The van der Waals surface area contributed by atoms with Gasteiger partial charge in [0, 0.05) is 6.61 Å². The van der Waals surface area contributed by atoms with Crippen molar-refractivity contribution < 1.29 is 26.5 Å². The quantitative estimate of drug-likeness (QED) is 0.426. The Kier molecular flexibility index (Phi) is 8.49. The molecule has 0 amide bonds. The van der Waals surface area contributed by atoms with E-state index in [9.17, 15) is 0 Å². The van der Waals surface area contributed by atoms with E-state index in [2.05, 4.69) is 78.4 Å². The zero-order valence-corrected chi connectivity index (χ0v) is 19.2. The van der Waals surface area contributed by atoms with Crippen LogP contribution >= 0.6 is 0 Å². The summed E-state index contributed by atoms with van der Waals surface area (Å²) in [6.07, 6.45) is 17.1. The first-order chi connectivity index (χ1) is 12.3. The van der Waals surface area contributed by atoms with Gasteiger partial charge in [-0.1, -0.05) is 19.6 Å². The molecule has 0 spiro atoms. The first-order valence-corrected chi connectivity index (χ1v) is 13.1. The van der Waals surface area contributed by atoms with E-state index in [4.69, 9.17) is 14.5 Å². The number of rotatable bonds is 8. The van der Waals surface area contributed by atoms with Gasteiger partial charge in [0.25, 0.3) is 0 Å². The Balaban J connectivity index is 0.00000261. The summed E-state index contributed by atoms with van der Waals surface area (Å²) in [6, 6.07) is 0.0424. The Morgan fingerprint density at radius 1 is 1.11 bits per heavy atom. The summed E-state index contributed by atoms with van der Waals surface area (Å²) in [5, 5.41) is 0. The minimum atomic E-state index is -1.41. The number of nitrogens with zero attached hydrogens (tertiary/aromatic N) is 1. The van der Waals surface area contributed by atoms with Crippen LogP contribution in [0.4, 0.5) is 0 Å². The largest absolute Gasteiger partial charge is 2.00 e. The summed E-state index contributed by atoms with van der Waals surface area (Å²) < 4.78 is 12.2. The number of hydrogen-bond donors (Lipinski definition) is 0. The van der Waals surface area contributed by atoms with E-state index >= 15 is 0 Å². The van der Waals surface area contributed by atoms with Crippen molar-refractivity contribution in [2.24, 2.45) is 4.99 Å². The van der Waals surface area contributed by atoms with Gasteiger partial charge in [-0.2, -0.15) is 0 Å². The van der Waals surface area contributed by atoms with Crippen LogP contribution < -0.4 is 0 Å². The van der Waals surface area contributed by atoms with Crippen molar-refractivity contribution in [1.82, 2.24) is 0 Å². The Morgan fingerprint density at radius 3 is 2.48 bits per heavy atom. The van der Waals surface area contributed by atoms with Gasteiger partial charge in [0.05, 0.1) is 19.6 Å². The van der Waals surface area contributed by atoms with E-state index in [1.165, 1.54) is 17.4 Å². The average molecular weight is 425 g/mol. The first-order valence-electron chi connectivity index (χ1n) is 9.59. The van der Waals surface area contributed by atoms with Gasteiger partial charge in [0.1, 0.15) is 12.6 Å². The van der Waals surface area contributed by atoms with Gasteiger partial charge >= 0.3 is 17.1 Å². The second-order valence-corrected chi connectivity index (χ2v) is 13.8. The molecule has 3 aliphatic rings. The zero-order valence-electron chi connectivity index (χ0n) is 17.1. The molecular formula is C22H31FeNO2Si+2. The summed E-state index contributed by atoms with van der Waals surface area (Å²) in [5.74, 6) is 3.36. The summed E-state index contributed by atoms with van der Waals surface area (Å²) >= 11 is 0. The summed E-state index contributed by atoms with van der Waals surface area (Å²) in [7, 11) is -1.41. The van der Waals surface area contributed by atoms with Crippen molar-refractivity contribution >= 4 is 14.0 Å². The van der Waals surface area contributed by atoms with Crippen molar-refractivity contribution in [2.75, 3.05) is 13.2 Å². The third-order valence-corrected chi connectivity index (χ3v) is 7.18. The molecule has 0 unspecified atom stereocenters. The molecule has 0 aromatic carbocycles. The van der Waals surface area contributed by atoms with Crippen molar-refractivity contribution in [1.29, 1.82) is 0 Å². The second kappa shape index (κ2) is 9.78. The molecule has 1 heterocycles. The van der Waals surface area contributed by atoms with E-state index in [0.717, 1.165) is 25.3 Å².